The number of nitrogens with zero attached hydrogens (tertiary/aromatic N) is 4. The van der Waals surface area contributed by atoms with Crippen molar-refractivity contribution >= 4 is 45.7 Å². The van der Waals surface area contributed by atoms with E-state index in [1.54, 1.807) is 10.6 Å². The molecule has 2 amide bonds. The van der Waals surface area contributed by atoms with Gasteiger partial charge in [0.25, 0.3) is 5.56 Å². The third-order valence-corrected chi connectivity index (χ3v) is 7.99. The van der Waals surface area contributed by atoms with E-state index in [-0.39, 0.29) is 17.4 Å². The molecule has 0 saturated carbocycles. The standard InChI is InChI=1S/C33H44N6O3/c1-5-37(6-2)20-17-30(40)34-26-13-11-24(12-14-26)22-25-10-9-19-39-32(25)36-29-16-15-27(23-28(29)33(39)42)35-31(41)18-21-38(7-3)8-4/h11-16,22-23H,5-10,17-21H2,1-4H3,(H,34,40)(H,35,41)/b25-22+. The van der Waals surface area contributed by atoms with Crippen LogP contribution in [0.4, 0.5) is 11.4 Å². The van der Waals surface area contributed by atoms with Crippen LogP contribution in [0.15, 0.2) is 47.3 Å². The highest BCUT2D eigenvalue weighted by molar-refractivity contribution is 5.94. The van der Waals surface area contributed by atoms with Crippen LogP contribution >= 0.6 is 0 Å². The molecular weight excluding hydrogens is 528 g/mol. The predicted octanol–water partition coefficient (Wildman–Crippen LogP) is 5.07. The van der Waals surface area contributed by atoms with Crippen LogP contribution < -0.4 is 16.2 Å². The maximum absolute atomic E-state index is 13.5. The Kier molecular flexibility index (Phi) is 11.0. The van der Waals surface area contributed by atoms with Crippen molar-refractivity contribution in [3.05, 3.63) is 64.2 Å². The smallest absolute Gasteiger partial charge is 0.261 e. The summed E-state index contributed by atoms with van der Waals surface area (Å²) < 4.78 is 1.74. The number of hydrogen-bond donors (Lipinski definition) is 2. The lowest BCUT2D eigenvalue weighted by Gasteiger charge is -2.21. The number of anilines is 2. The van der Waals surface area contributed by atoms with Gasteiger partial charge in [-0.3, -0.25) is 19.0 Å². The number of allylic oxidation sites excluding steroid dienone is 1. The number of nitrogens with one attached hydrogen (secondary N) is 2. The number of amides is 2. The zero-order chi connectivity index (χ0) is 30.1. The maximum Gasteiger partial charge on any atom is 0.261 e. The van der Waals surface area contributed by atoms with Crippen LogP contribution in [0.1, 0.15) is 64.8 Å². The van der Waals surface area contributed by atoms with Crippen LogP contribution in [0.5, 0.6) is 0 Å². The molecule has 0 atom stereocenters. The molecule has 2 N–H and O–H groups in total. The summed E-state index contributed by atoms with van der Waals surface area (Å²) in [5.74, 6) is 0.623. The quantitative estimate of drug-likeness (QED) is 0.297. The van der Waals surface area contributed by atoms with Gasteiger partial charge in [0, 0.05) is 43.9 Å². The average molecular weight is 573 g/mol. The summed E-state index contributed by atoms with van der Waals surface area (Å²) in [7, 11) is 0. The van der Waals surface area contributed by atoms with Gasteiger partial charge in [-0.15, -0.1) is 0 Å². The Morgan fingerprint density at radius 3 is 2.02 bits per heavy atom. The fraction of sp³-hybridized carbons (Fsp3) is 0.455. The number of carbonyl (C=O) groups excluding carboxylic acids is 2. The van der Waals surface area contributed by atoms with Gasteiger partial charge in [-0.25, -0.2) is 4.98 Å². The van der Waals surface area contributed by atoms with E-state index in [0.29, 0.717) is 48.3 Å². The normalized spacial score (nSPS) is 14.0. The second-order valence-electron chi connectivity index (χ2n) is 10.7. The van der Waals surface area contributed by atoms with Gasteiger partial charge in [-0.1, -0.05) is 39.8 Å². The molecule has 1 aliphatic rings. The number of benzene rings is 2. The van der Waals surface area contributed by atoms with E-state index in [0.717, 1.165) is 62.4 Å². The Labute approximate surface area is 248 Å². The highest BCUT2D eigenvalue weighted by atomic mass is 16.2. The second kappa shape index (κ2) is 14.9. The molecule has 1 aliphatic heterocycles. The van der Waals surface area contributed by atoms with Crippen molar-refractivity contribution in [2.24, 2.45) is 0 Å². The lowest BCUT2D eigenvalue weighted by atomic mass is 10.0. The molecule has 0 saturated heterocycles. The summed E-state index contributed by atoms with van der Waals surface area (Å²) in [4.78, 5) is 47.7. The first-order valence-electron chi connectivity index (χ1n) is 15.2. The highest BCUT2D eigenvalue weighted by Crippen LogP contribution is 2.28. The van der Waals surface area contributed by atoms with E-state index in [1.165, 1.54) is 0 Å². The van der Waals surface area contributed by atoms with Crippen molar-refractivity contribution < 1.29 is 9.59 Å². The van der Waals surface area contributed by atoms with Crippen molar-refractivity contribution in [3.63, 3.8) is 0 Å². The third kappa shape index (κ3) is 7.92. The Morgan fingerprint density at radius 1 is 0.857 bits per heavy atom. The molecule has 4 rings (SSSR count). The minimum Gasteiger partial charge on any atom is -0.326 e. The Balaban J connectivity index is 1.48. The van der Waals surface area contributed by atoms with Gasteiger partial charge >= 0.3 is 0 Å². The molecule has 0 radical (unpaired) electrons. The van der Waals surface area contributed by atoms with Crippen LogP contribution in [0, 0.1) is 0 Å². The van der Waals surface area contributed by atoms with Gasteiger partial charge in [0.2, 0.25) is 11.8 Å². The van der Waals surface area contributed by atoms with E-state index in [9.17, 15) is 14.4 Å². The van der Waals surface area contributed by atoms with E-state index in [1.807, 2.05) is 36.4 Å². The molecule has 0 fully saturated rings. The third-order valence-electron chi connectivity index (χ3n) is 7.99. The van der Waals surface area contributed by atoms with Crippen LogP contribution in [0.3, 0.4) is 0 Å². The minimum atomic E-state index is -0.0948. The summed E-state index contributed by atoms with van der Waals surface area (Å²) in [6, 6.07) is 13.1. The number of aromatic nitrogens is 2. The average Bonchev–Trinajstić information content (AvgIpc) is 3.00. The van der Waals surface area contributed by atoms with E-state index in [2.05, 4.69) is 54.2 Å². The Morgan fingerprint density at radius 2 is 1.43 bits per heavy atom. The number of rotatable bonds is 13. The zero-order valence-corrected chi connectivity index (χ0v) is 25.4. The molecule has 0 aliphatic carbocycles. The Bertz CT molecular complexity index is 1470. The summed E-state index contributed by atoms with van der Waals surface area (Å²) in [6.07, 6.45) is 4.60. The molecule has 3 aromatic rings. The van der Waals surface area contributed by atoms with Gasteiger partial charge < -0.3 is 20.4 Å². The van der Waals surface area contributed by atoms with Crippen LogP contribution in [-0.4, -0.2) is 70.4 Å². The van der Waals surface area contributed by atoms with Crippen molar-refractivity contribution in [2.45, 2.75) is 59.9 Å². The molecule has 42 heavy (non-hydrogen) atoms. The van der Waals surface area contributed by atoms with Gasteiger partial charge in [0.15, 0.2) is 0 Å². The summed E-state index contributed by atoms with van der Waals surface area (Å²) in [5.41, 5.74) is 3.88. The zero-order valence-electron chi connectivity index (χ0n) is 25.4. The molecule has 2 heterocycles. The molecular formula is C33H44N6O3. The van der Waals surface area contributed by atoms with Crippen LogP contribution in [0.25, 0.3) is 22.6 Å². The first-order valence-corrected chi connectivity index (χ1v) is 15.2. The monoisotopic (exact) mass is 572 g/mol. The second-order valence-corrected chi connectivity index (χ2v) is 10.7. The SMILES string of the molecule is CCN(CC)CCC(=O)Nc1ccc(/C=C2\CCCn3c2nc2ccc(NC(=O)CCN(CC)CC)cc2c3=O)cc1. The Hall–Kier alpha value is -3.82. The molecule has 0 unspecified atom stereocenters. The van der Waals surface area contributed by atoms with Crippen LogP contribution in [-0.2, 0) is 16.1 Å². The van der Waals surface area contributed by atoms with Crippen molar-refractivity contribution in [1.82, 2.24) is 19.4 Å². The summed E-state index contributed by atoms with van der Waals surface area (Å²) in [6.45, 7) is 14.1. The molecule has 0 bridgehead atoms. The van der Waals surface area contributed by atoms with Gasteiger partial charge in [0.05, 0.1) is 10.9 Å². The number of carbonyl (C=O) groups is 2. The lowest BCUT2D eigenvalue weighted by molar-refractivity contribution is -0.117. The van der Waals surface area contributed by atoms with Crippen LogP contribution in [0.2, 0.25) is 0 Å². The van der Waals surface area contributed by atoms with E-state index >= 15 is 0 Å². The topological polar surface area (TPSA) is 99.6 Å². The van der Waals surface area contributed by atoms with Crippen molar-refractivity contribution in [2.75, 3.05) is 49.9 Å². The molecule has 9 heteroatoms. The molecule has 224 valence electrons. The molecule has 0 spiro atoms. The van der Waals surface area contributed by atoms with Crippen molar-refractivity contribution in [1.29, 1.82) is 0 Å². The lowest BCUT2D eigenvalue weighted by Crippen LogP contribution is -2.28. The largest absolute Gasteiger partial charge is 0.326 e. The van der Waals surface area contributed by atoms with E-state index in [4.69, 9.17) is 4.98 Å². The number of fused-ring (bicyclic) bond motifs is 2. The molecule has 9 nitrogen and oxygen atoms in total. The summed E-state index contributed by atoms with van der Waals surface area (Å²) >= 11 is 0. The first-order chi connectivity index (χ1) is 20.3. The summed E-state index contributed by atoms with van der Waals surface area (Å²) in [5, 5.41) is 6.42. The fourth-order valence-electron chi connectivity index (χ4n) is 5.34. The van der Waals surface area contributed by atoms with E-state index < -0.39 is 0 Å². The molecule has 1 aromatic heterocycles. The predicted molar refractivity (Wildman–Crippen MR) is 172 cm³/mol. The highest BCUT2D eigenvalue weighted by Gasteiger charge is 2.19. The molecule has 2 aromatic carbocycles. The van der Waals surface area contributed by atoms with Gasteiger partial charge in [0.1, 0.15) is 5.82 Å². The number of hydrogen-bond acceptors (Lipinski definition) is 6. The van der Waals surface area contributed by atoms with Gasteiger partial charge in [-0.2, -0.15) is 0 Å². The van der Waals surface area contributed by atoms with Crippen molar-refractivity contribution in [3.8, 4) is 0 Å². The van der Waals surface area contributed by atoms with Gasteiger partial charge in [-0.05, 0) is 86.6 Å². The maximum atomic E-state index is 13.5. The fourth-order valence-corrected chi connectivity index (χ4v) is 5.34. The first kappa shape index (κ1) is 31.1. The minimum absolute atomic E-state index is 0.00650.